The third-order valence-corrected chi connectivity index (χ3v) is 9.10. The highest BCUT2D eigenvalue weighted by Crippen LogP contribution is 2.49. The minimum Gasteiger partial charge on any atom is -0.247 e. The van der Waals surface area contributed by atoms with Crippen LogP contribution in [-0.2, 0) is 10.8 Å². The van der Waals surface area contributed by atoms with Crippen molar-refractivity contribution in [3.05, 3.63) is 125 Å². The molecule has 40 heavy (non-hydrogen) atoms. The summed E-state index contributed by atoms with van der Waals surface area (Å²) in [5, 5.41) is 1.10. The summed E-state index contributed by atoms with van der Waals surface area (Å²) >= 11 is 0. The molecule has 0 radical (unpaired) electrons. The molecule has 6 aromatic rings. The molecule has 8 rings (SSSR count). The average molecular weight is 516 g/mol. The van der Waals surface area contributed by atoms with Gasteiger partial charge in [0.05, 0.1) is 34.0 Å². The average Bonchev–Trinajstić information content (AvgIpc) is 3.36. The van der Waals surface area contributed by atoms with Crippen molar-refractivity contribution in [1.29, 1.82) is 0 Å². The summed E-state index contributed by atoms with van der Waals surface area (Å²) in [4.78, 5) is 15.4. The largest absolute Gasteiger partial charge is 0.247 e. The van der Waals surface area contributed by atoms with E-state index in [1.54, 1.807) is 0 Å². The maximum absolute atomic E-state index is 5.18. The lowest BCUT2D eigenvalue weighted by Crippen LogP contribution is -2.14. The minimum absolute atomic E-state index is 0.0457. The molecule has 3 aromatic carbocycles. The van der Waals surface area contributed by atoms with Crippen molar-refractivity contribution in [2.24, 2.45) is 0 Å². The van der Waals surface area contributed by atoms with Crippen molar-refractivity contribution in [2.75, 3.05) is 0 Å². The van der Waals surface area contributed by atoms with Crippen LogP contribution in [0.15, 0.2) is 103 Å². The van der Waals surface area contributed by atoms with Gasteiger partial charge in [-0.15, -0.1) is 0 Å². The molecule has 0 amide bonds. The van der Waals surface area contributed by atoms with Gasteiger partial charge in [-0.05, 0) is 46.5 Å². The summed E-state index contributed by atoms with van der Waals surface area (Å²) in [6.45, 7) is 9.13. The van der Waals surface area contributed by atoms with Gasteiger partial charge in [0.2, 0.25) is 0 Å². The second kappa shape index (κ2) is 7.95. The van der Waals surface area contributed by atoms with Crippen LogP contribution >= 0.6 is 0 Å². The zero-order chi connectivity index (χ0) is 27.2. The van der Waals surface area contributed by atoms with Gasteiger partial charge < -0.3 is 0 Å². The molecule has 0 saturated carbocycles. The maximum atomic E-state index is 5.18. The zero-order valence-electron chi connectivity index (χ0n) is 23.2. The molecule has 2 aliphatic rings. The first-order chi connectivity index (χ1) is 19.3. The Bertz CT molecular complexity index is 1870. The van der Waals surface area contributed by atoms with E-state index in [2.05, 4.69) is 131 Å². The second-order valence-electron chi connectivity index (χ2n) is 12.1. The molecule has 0 spiro atoms. The van der Waals surface area contributed by atoms with Gasteiger partial charge in [0.1, 0.15) is 0 Å². The number of pyridine rings is 3. The summed E-state index contributed by atoms with van der Waals surface area (Å²) in [5.74, 6) is 0. The summed E-state index contributed by atoms with van der Waals surface area (Å²) in [5.41, 5.74) is 14.5. The molecule has 0 N–H and O–H groups in total. The summed E-state index contributed by atoms with van der Waals surface area (Å²) < 4.78 is 0. The van der Waals surface area contributed by atoms with Gasteiger partial charge in [0.15, 0.2) is 0 Å². The maximum Gasteiger partial charge on any atom is 0.0894 e. The lowest BCUT2D eigenvalue weighted by molar-refractivity contribution is 0.659. The molecule has 2 aliphatic carbocycles. The fourth-order valence-corrected chi connectivity index (χ4v) is 6.82. The van der Waals surface area contributed by atoms with Gasteiger partial charge in [-0.1, -0.05) is 107 Å². The number of rotatable bonds is 2. The van der Waals surface area contributed by atoms with E-state index in [0.29, 0.717) is 0 Å². The number of nitrogens with zero attached hydrogens (tertiary/aromatic N) is 3. The predicted molar refractivity (Wildman–Crippen MR) is 163 cm³/mol. The van der Waals surface area contributed by atoms with Crippen LogP contribution in [0.2, 0.25) is 0 Å². The highest BCUT2D eigenvalue weighted by molar-refractivity contribution is 5.87. The molecule has 3 heteroatoms. The highest BCUT2D eigenvalue weighted by Gasteiger charge is 2.37. The van der Waals surface area contributed by atoms with Crippen molar-refractivity contribution >= 4 is 10.9 Å². The van der Waals surface area contributed by atoms with Crippen LogP contribution in [0.5, 0.6) is 0 Å². The topological polar surface area (TPSA) is 38.7 Å². The van der Waals surface area contributed by atoms with Gasteiger partial charge in [0, 0.05) is 32.9 Å². The second-order valence-corrected chi connectivity index (χ2v) is 12.1. The van der Waals surface area contributed by atoms with Gasteiger partial charge >= 0.3 is 0 Å². The Morgan fingerprint density at radius 2 is 0.950 bits per heavy atom. The number of hydrogen-bond donors (Lipinski definition) is 0. The molecule has 192 valence electrons. The van der Waals surface area contributed by atoms with E-state index >= 15 is 0 Å². The highest BCUT2D eigenvalue weighted by atomic mass is 14.8. The lowest BCUT2D eigenvalue weighted by atomic mass is 9.83. The standard InChI is InChI=1S/C37H29N3/c1-36(2)26-11-7-5-9-24(26)34-28(36)16-19-30(39-34)23-14-13-22-15-18-31(38-33(22)21-23)32-20-17-29-35(40-32)25-10-6-8-12-27(25)37(29,3)4/h5-21H,1-4H3. The van der Waals surface area contributed by atoms with Gasteiger partial charge in [-0.3, -0.25) is 0 Å². The molecular weight excluding hydrogens is 486 g/mol. The van der Waals surface area contributed by atoms with Crippen molar-refractivity contribution in [3.8, 4) is 45.2 Å². The number of aromatic nitrogens is 3. The van der Waals surface area contributed by atoms with Gasteiger partial charge in [-0.2, -0.15) is 0 Å². The monoisotopic (exact) mass is 515 g/mol. The lowest BCUT2D eigenvalue weighted by Gasteiger charge is -2.20. The van der Waals surface area contributed by atoms with Gasteiger partial charge in [-0.25, -0.2) is 15.0 Å². The Balaban J connectivity index is 1.22. The third-order valence-electron chi connectivity index (χ3n) is 9.10. The van der Waals surface area contributed by atoms with Gasteiger partial charge in [0.25, 0.3) is 0 Å². The molecule has 3 nitrogen and oxygen atoms in total. The van der Waals surface area contributed by atoms with E-state index in [1.807, 2.05) is 0 Å². The van der Waals surface area contributed by atoms with Crippen LogP contribution in [0.4, 0.5) is 0 Å². The number of benzene rings is 3. The third kappa shape index (κ3) is 3.15. The van der Waals surface area contributed by atoms with Crippen LogP contribution in [0, 0.1) is 0 Å². The molecule has 0 aliphatic heterocycles. The van der Waals surface area contributed by atoms with E-state index in [9.17, 15) is 0 Å². The van der Waals surface area contributed by atoms with E-state index in [4.69, 9.17) is 15.0 Å². The minimum atomic E-state index is -0.0538. The van der Waals surface area contributed by atoms with E-state index in [1.165, 1.54) is 33.4 Å². The quantitative estimate of drug-likeness (QED) is 0.231. The summed E-state index contributed by atoms with van der Waals surface area (Å²) in [6, 6.07) is 36.7. The smallest absolute Gasteiger partial charge is 0.0894 e. The molecular formula is C37H29N3. The molecule has 3 aromatic heterocycles. The predicted octanol–water partition coefficient (Wildman–Crippen LogP) is 8.97. The first-order valence-corrected chi connectivity index (χ1v) is 14.0. The number of hydrogen-bond acceptors (Lipinski definition) is 3. The van der Waals surface area contributed by atoms with E-state index in [0.717, 1.165) is 44.9 Å². The molecule has 0 bridgehead atoms. The summed E-state index contributed by atoms with van der Waals surface area (Å²) in [6.07, 6.45) is 0. The fraction of sp³-hybridized carbons (Fsp3) is 0.162. The first kappa shape index (κ1) is 23.3. The van der Waals surface area contributed by atoms with Crippen molar-refractivity contribution in [2.45, 2.75) is 38.5 Å². The van der Waals surface area contributed by atoms with E-state index in [-0.39, 0.29) is 10.8 Å². The molecule has 3 heterocycles. The number of fused-ring (bicyclic) bond motifs is 7. The van der Waals surface area contributed by atoms with Crippen LogP contribution in [0.1, 0.15) is 49.9 Å². The Morgan fingerprint density at radius 3 is 1.60 bits per heavy atom. The van der Waals surface area contributed by atoms with Crippen molar-refractivity contribution < 1.29 is 0 Å². The molecule has 0 fully saturated rings. The first-order valence-electron chi connectivity index (χ1n) is 14.0. The molecule has 0 saturated heterocycles. The normalized spacial score (nSPS) is 15.4. The fourth-order valence-electron chi connectivity index (χ4n) is 6.82. The molecule has 0 atom stereocenters. The van der Waals surface area contributed by atoms with E-state index < -0.39 is 0 Å². The van der Waals surface area contributed by atoms with Crippen molar-refractivity contribution in [3.63, 3.8) is 0 Å². The Morgan fingerprint density at radius 1 is 0.450 bits per heavy atom. The summed E-state index contributed by atoms with van der Waals surface area (Å²) in [7, 11) is 0. The Labute approximate surface area is 234 Å². The van der Waals surface area contributed by atoms with Crippen LogP contribution in [-0.4, -0.2) is 15.0 Å². The SMILES string of the molecule is CC1(C)c2ccccc2-c2nc(-c3ccc4ccc(-c5ccc6c(n5)-c5ccccc5C6(C)C)nc4c3)ccc21. The van der Waals surface area contributed by atoms with Crippen molar-refractivity contribution in [1.82, 2.24) is 15.0 Å². The van der Waals surface area contributed by atoms with Crippen LogP contribution < -0.4 is 0 Å². The Hall–Kier alpha value is -4.63. The van der Waals surface area contributed by atoms with Crippen LogP contribution in [0.3, 0.4) is 0 Å². The zero-order valence-corrected chi connectivity index (χ0v) is 23.2. The van der Waals surface area contributed by atoms with Crippen LogP contribution in [0.25, 0.3) is 56.1 Å². The molecule has 0 unspecified atom stereocenters. The Kier molecular flexibility index (Phi) is 4.63.